The van der Waals surface area contributed by atoms with Gasteiger partial charge in [0.05, 0.1) is 35.9 Å². The van der Waals surface area contributed by atoms with Gasteiger partial charge in [0.15, 0.2) is 0 Å². The molecular weight excluding hydrogens is 653 g/mol. The molecule has 2 amide bonds. The number of imidazole rings is 2. The first-order chi connectivity index (χ1) is 24.7. The van der Waals surface area contributed by atoms with Crippen LogP contribution in [0.4, 0.5) is 9.59 Å². The Morgan fingerprint density at radius 3 is 1.87 bits per heavy atom. The molecule has 2 N–H and O–H groups in total. The minimum atomic E-state index is -0.549. The highest BCUT2D eigenvalue weighted by Crippen LogP contribution is 2.53. The first-order valence-electron chi connectivity index (χ1n) is 18.4. The molecule has 8 rings (SSSR count). The number of H-pyrrole nitrogens is 2. The van der Waals surface area contributed by atoms with Gasteiger partial charge in [-0.05, 0) is 112 Å². The van der Waals surface area contributed by atoms with Gasteiger partial charge in [-0.25, -0.2) is 19.6 Å². The molecule has 2 aromatic heterocycles. The summed E-state index contributed by atoms with van der Waals surface area (Å²) in [6, 6.07) is 21.5. The zero-order valence-corrected chi connectivity index (χ0v) is 31.1. The topological polar surface area (TPSA) is 116 Å². The molecule has 3 unspecified atom stereocenters. The third-order valence-corrected chi connectivity index (χ3v) is 10.3. The van der Waals surface area contributed by atoms with E-state index < -0.39 is 11.2 Å². The van der Waals surface area contributed by atoms with Gasteiger partial charge in [0, 0.05) is 18.2 Å². The van der Waals surface area contributed by atoms with Crippen molar-refractivity contribution in [3.63, 3.8) is 0 Å². The maximum atomic E-state index is 13.1. The van der Waals surface area contributed by atoms with Gasteiger partial charge < -0.3 is 19.4 Å². The molecule has 10 nitrogen and oxygen atoms in total. The van der Waals surface area contributed by atoms with E-state index in [1.54, 1.807) is 4.90 Å². The van der Waals surface area contributed by atoms with Crippen molar-refractivity contribution >= 4 is 23.0 Å². The number of nitrogens with zero attached hydrogens (tertiary/aromatic N) is 4. The fourth-order valence-electron chi connectivity index (χ4n) is 7.85. The lowest BCUT2D eigenvalue weighted by molar-refractivity contribution is 0.0172. The molecule has 5 aromatic rings. The molecule has 5 atom stereocenters. The highest BCUT2D eigenvalue weighted by molar-refractivity contribution is 5.90. The molecule has 52 heavy (non-hydrogen) atoms. The Labute approximate surface area is 304 Å². The van der Waals surface area contributed by atoms with E-state index in [0.717, 1.165) is 75.3 Å². The van der Waals surface area contributed by atoms with Gasteiger partial charge in [0.2, 0.25) is 0 Å². The van der Waals surface area contributed by atoms with Crippen molar-refractivity contribution in [2.45, 2.75) is 97.1 Å². The molecule has 270 valence electrons. The molecule has 10 heteroatoms. The van der Waals surface area contributed by atoms with Gasteiger partial charge in [-0.1, -0.05) is 55.5 Å². The summed E-state index contributed by atoms with van der Waals surface area (Å²) in [5.41, 5.74) is 5.11. The Balaban J connectivity index is 0.959. The summed E-state index contributed by atoms with van der Waals surface area (Å²) in [6.45, 7) is 14.2. The Hall–Kier alpha value is -5.12. The Bertz CT molecular complexity index is 2140. The minimum absolute atomic E-state index is 0.0947. The second-order valence-corrected chi connectivity index (χ2v) is 16.9. The summed E-state index contributed by atoms with van der Waals surface area (Å²) in [5.74, 6) is 2.49. The Kier molecular flexibility index (Phi) is 8.19. The number of ether oxygens (including phenoxy) is 2. The summed E-state index contributed by atoms with van der Waals surface area (Å²) < 4.78 is 11.4. The molecule has 2 aliphatic heterocycles. The first kappa shape index (κ1) is 34.0. The number of likely N-dealkylation sites (tertiary alicyclic amines) is 2. The van der Waals surface area contributed by atoms with Crippen molar-refractivity contribution in [3.05, 3.63) is 84.7 Å². The third-order valence-electron chi connectivity index (χ3n) is 10.3. The number of piperidine rings is 1. The predicted molar refractivity (Wildman–Crippen MR) is 201 cm³/mol. The van der Waals surface area contributed by atoms with E-state index in [1.807, 2.05) is 58.8 Å². The molecule has 3 aromatic carbocycles. The number of hydrogen-bond donors (Lipinski definition) is 2. The van der Waals surface area contributed by atoms with Crippen LogP contribution in [0.5, 0.6) is 0 Å². The number of benzene rings is 3. The molecule has 1 aliphatic carbocycles. The van der Waals surface area contributed by atoms with Crippen molar-refractivity contribution < 1.29 is 19.1 Å². The molecule has 3 aliphatic rings. The van der Waals surface area contributed by atoms with Crippen LogP contribution >= 0.6 is 0 Å². The van der Waals surface area contributed by atoms with Crippen LogP contribution in [0.2, 0.25) is 0 Å². The van der Waals surface area contributed by atoms with E-state index in [-0.39, 0.29) is 30.3 Å². The van der Waals surface area contributed by atoms with Gasteiger partial charge in [0.25, 0.3) is 0 Å². The lowest BCUT2D eigenvalue weighted by atomic mass is 9.98. The zero-order valence-electron chi connectivity index (χ0n) is 31.1. The maximum Gasteiger partial charge on any atom is 0.411 e. The van der Waals surface area contributed by atoms with E-state index in [0.29, 0.717) is 18.4 Å². The van der Waals surface area contributed by atoms with Crippen molar-refractivity contribution in [2.75, 3.05) is 6.54 Å². The van der Waals surface area contributed by atoms with Crippen molar-refractivity contribution in [1.82, 2.24) is 29.7 Å². The van der Waals surface area contributed by atoms with Gasteiger partial charge in [-0.3, -0.25) is 9.80 Å². The largest absolute Gasteiger partial charge is 0.444 e. The van der Waals surface area contributed by atoms with Crippen molar-refractivity contribution in [2.24, 2.45) is 11.8 Å². The number of amides is 2. The summed E-state index contributed by atoms with van der Waals surface area (Å²) >= 11 is 0. The van der Waals surface area contributed by atoms with E-state index in [1.165, 1.54) is 0 Å². The summed E-state index contributed by atoms with van der Waals surface area (Å²) in [7, 11) is 0. The van der Waals surface area contributed by atoms with Gasteiger partial charge in [-0.2, -0.15) is 0 Å². The number of aromatic nitrogens is 4. The number of carbonyl (C=O) groups is 2. The monoisotopic (exact) mass is 700 g/mol. The van der Waals surface area contributed by atoms with E-state index in [4.69, 9.17) is 19.4 Å². The number of rotatable bonds is 5. The summed E-state index contributed by atoms with van der Waals surface area (Å²) in [4.78, 5) is 46.2. The lowest BCUT2D eigenvalue weighted by Crippen LogP contribution is -2.38. The van der Waals surface area contributed by atoms with Crippen LogP contribution in [0, 0.1) is 11.8 Å². The SMILES string of the molecule is CC1C[C@@H](c2ncc(-c3ccc(-c4ccc5cc(-c6cnc([C@@H]7CC8CC8N7C(=O)OC(C)(C)C)[nH]6)ccc5c4)cc3)[nH]2)N(C(=O)OC(C)(C)C)C1. The van der Waals surface area contributed by atoms with Gasteiger partial charge in [-0.15, -0.1) is 0 Å². The fraction of sp³-hybridized carbons (Fsp3) is 0.429. The van der Waals surface area contributed by atoms with Crippen LogP contribution in [-0.4, -0.2) is 65.7 Å². The first-order valence-corrected chi connectivity index (χ1v) is 18.4. The maximum absolute atomic E-state index is 13.1. The van der Waals surface area contributed by atoms with E-state index in [9.17, 15) is 9.59 Å². The van der Waals surface area contributed by atoms with Crippen molar-refractivity contribution in [1.29, 1.82) is 0 Å². The average molecular weight is 701 g/mol. The van der Waals surface area contributed by atoms with Gasteiger partial charge in [0.1, 0.15) is 22.9 Å². The molecule has 3 fully saturated rings. The molecule has 4 heterocycles. The lowest BCUT2D eigenvalue weighted by Gasteiger charge is -2.29. The van der Waals surface area contributed by atoms with E-state index in [2.05, 4.69) is 77.6 Å². The van der Waals surface area contributed by atoms with Crippen molar-refractivity contribution in [3.8, 4) is 33.6 Å². The van der Waals surface area contributed by atoms with Crippen LogP contribution in [0.25, 0.3) is 44.4 Å². The van der Waals surface area contributed by atoms with Crippen LogP contribution in [0.3, 0.4) is 0 Å². The Morgan fingerprint density at radius 2 is 1.21 bits per heavy atom. The highest BCUT2D eigenvalue weighted by atomic mass is 16.6. The van der Waals surface area contributed by atoms with Crippen LogP contribution in [0.1, 0.15) is 91.5 Å². The summed E-state index contributed by atoms with van der Waals surface area (Å²) in [5, 5.41) is 2.29. The molecule has 0 radical (unpaired) electrons. The fourth-order valence-corrected chi connectivity index (χ4v) is 7.85. The molecule has 0 bridgehead atoms. The molecule has 1 saturated carbocycles. The Morgan fingerprint density at radius 1 is 0.673 bits per heavy atom. The third kappa shape index (κ3) is 6.78. The highest BCUT2D eigenvalue weighted by Gasteiger charge is 2.56. The number of fused-ring (bicyclic) bond motifs is 2. The normalized spacial score (nSPS) is 22.9. The molecule has 2 saturated heterocycles. The number of hydrogen-bond acceptors (Lipinski definition) is 6. The summed E-state index contributed by atoms with van der Waals surface area (Å²) in [6.07, 6.45) is 5.97. The molecular formula is C42H48N6O4. The van der Waals surface area contributed by atoms with Crippen LogP contribution in [0.15, 0.2) is 73.1 Å². The number of aromatic amines is 2. The second kappa shape index (κ2) is 12.5. The van der Waals surface area contributed by atoms with Gasteiger partial charge >= 0.3 is 12.2 Å². The predicted octanol–water partition coefficient (Wildman–Crippen LogP) is 9.68. The van der Waals surface area contributed by atoms with Crippen LogP contribution < -0.4 is 0 Å². The van der Waals surface area contributed by atoms with E-state index >= 15 is 0 Å². The zero-order chi connectivity index (χ0) is 36.5. The molecule has 0 spiro atoms. The van der Waals surface area contributed by atoms with Crippen LogP contribution in [-0.2, 0) is 9.47 Å². The average Bonchev–Trinajstić information content (AvgIpc) is 3.58. The number of carbonyl (C=O) groups excluding carboxylic acids is 2. The minimum Gasteiger partial charge on any atom is -0.444 e. The second-order valence-electron chi connectivity index (χ2n) is 16.9. The standard InChI is InChI=1S/C42H48N6O4/c1-24-16-35(47(23-24)39(49)51-41(2,3)4)37-43-21-32(45-37)26-10-8-25(9-11-26)27-12-13-29-18-30(15-14-28(29)17-27)33-22-44-38(46-33)36-20-31-19-34(31)48(36)40(50)52-42(5,6)7/h8-15,17-18,21-22,24,31,34-36H,16,19-20,23H2,1-7H3,(H,43,45)(H,44,46)/t24?,31?,34?,35-,36-/m0/s1. The quantitative estimate of drug-likeness (QED) is 0.189. The number of nitrogens with one attached hydrogen (secondary N) is 2. The smallest absolute Gasteiger partial charge is 0.411 e.